The lowest BCUT2D eigenvalue weighted by atomic mass is 10.0. The minimum absolute atomic E-state index is 0.00199. The summed E-state index contributed by atoms with van der Waals surface area (Å²) >= 11 is 0. The maximum atomic E-state index is 13.2. The molecule has 1 aromatic carbocycles. The van der Waals surface area contributed by atoms with E-state index in [1.807, 2.05) is 32.8 Å². The Morgan fingerprint density at radius 1 is 1.11 bits per heavy atom. The van der Waals surface area contributed by atoms with E-state index in [4.69, 9.17) is 0 Å². The molecule has 0 bridgehead atoms. The van der Waals surface area contributed by atoms with Gasteiger partial charge in [0.05, 0.1) is 4.90 Å². The lowest BCUT2D eigenvalue weighted by Crippen LogP contribution is -2.47. The molecule has 7 heteroatoms. The van der Waals surface area contributed by atoms with Crippen molar-refractivity contribution in [3.05, 3.63) is 29.3 Å². The number of rotatable bonds is 4. The predicted octanol–water partition coefficient (Wildman–Crippen LogP) is 2.72. The molecule has 0 saturated carbocycles. The third-order valence-corrected chi connectivity index (χ3v) is 8.21. The highest BCUT2D eigenvalue weighted by molar-refractivity contribution is 7.89. The first-order chi connectivity index (χ1) is 13.2. The molecule has 1 amide bonds. The van der Waals surface area contributed by atoms with Crippen molar-refractivity contribution in [2.45, 2.75) is 62.9 Å². The van der Waals surface area contributed by atoms with E-state index in [1.165, 1.54) is 0 Å². The first-order valence-corrected chi connectivity index (χ1v) is 11.7. The molecular formula is C21H33N3O3S. The normalized spacial score (nSPS) is 24.5. The van der Waals surface area contributed by atoms with Crippen LogP contribution < -0.4 is 0 Å². The van der Waals surface area contributed by atoms with E-state index >= 15 is 0 Å². The van der Waals surface area contributed by atoms with Gasteiger partial charge in [-0.1, -0.05) is 12.5 Å². The number of likely N-dealkylation sites (N-methyl/N-ethyl adjacent to an activating group) is 1. The molecule has 0 spiro atoms. The molecule has 3 rings (SSSR count). The van der Waals surface area contributed by atoms with Gasteiger partial charge in [0.15, 0.2) is 0 Å². The van der Waals surface area contributed by atoms with Crippen LogP contribution in [0.5, 0.6) is 0 Å². The Hall–Kier alpha value is -1.44. The Labute approximate surface area is 169 Å². The van der Waals surface area contributed by atoms with Crippen molar-refractivity contribution in [1.29, 1.82) is 0 Å². The van der Waals surface area contributed by atoms with E-state index < -0.39 is 10.0 Å². The second kappa shape index (κ2) is 8.51. The van der Waals surface area contributed by atoms with Gasteiger partial charge < -0.3 is 9.80 Å². The molecule has 156 valence electrons. The summed E-state index contributed by atoms with van der Waals surface area (Å²) in [6.45, 7) is 5.80. The summed E-state index contributed by atoms with van der Waals surface area (Å²) in [5, 5.41) is 0. The minimum Gasteiger partial charge on any atom is -0.337 e. The average Bonchev–Trinajstić information content (AvgIpc) is 2.68. The SMILES string of the molecule is Cc1ccc(S(=O)(=O)N2CCCCC2C)cc1C(=O)N1CCCC(N(C)C)C1. The summed E-state index contributed by atoms with van der Waals surface area (Å²) in [6, 6.07) is 5.35. The molecule has 2 atom stereocenters. The van der Waals surface area contributed by atoms with Gasteiger partial charge in [0.2, 0.25) is 10.0 Å². The largest absolute Gasteiger partial charge is 0.337 e. The van der Waals surface area contributed by atoms with Crippen LogP contribution in [0, 0.1) is 6.92 Å². The summed E-state index contributed by atoms with van der Waals surface area (Å²) in [4.78, 5) is 17.5. The Morgan fingerprint density at radius 3 is 2.54 bits per heavy atom. The average molecular weight is 408 g/mol. The number of amides is 1. The highest BCUT2D eigenvalue weighted by atomic mass is 32.2. The topological polar surface area (TPSA) is 60.9 Å². The lowest BCUT2D eigenvalue weighted by molar-refractivity contribution is 0.0634. The van der Waals surface area contributed by atoms with Gasteiger partial charge >= 0.3 is 0 Å². The van der Waals surface area contributed by atoms with E-state index in [2.05, 4.69) is 4.90 Å². The first kappa shape index (κ1) is 21.3. The molecule has 6 nitrogen and oxygen atoms in total. The number of nitrogens with zero attached hydrogens (tertiary/aromatic N) is 3. The predicted molar refractivity (Wildman–Crippen MR) is 111 cm³/mol. The zero-order valence-electron chi connectivity index (χ0n) is 17.5. The molecule has 0 aliphatic carbocycles. The van der Waals surface area contributed by atoms with Crippen LogP contribution in [0.4, 0.5) is 0 Å². The number of carbonyl (C=O) groups is 1. The van der Waals surface area contributed by atoms with E-state index in [0.29, 0.717) is 24.7 Å². The van der Waals surface area contributed by atoms with Crippen LogP contribution in [-0.4, -0.2) is 74.2 Å². The maximum absolute atomic E-state index is 13.2. The van der Waals surface area contributed by atoms with Crippen molar-refractivity contribution in [2.24, 2.45) is 0 Å². The van der Waals surface area contributed by atoms with Crippen LogP contribution in [0.1, 0.15) is 54.9 Å². The second-order valence-corrected chi connectivity index (χ2v) is 10.3. The maximum Gasteiger partial charge on any atom is 0.254 e. The summed E-state index contributed by atoms with van der Waals surface area (Å²) < 4.78 is 28.0. The monoisotopic (exact) mass is 407 g/mol. The fourth-order valence-electron chi connectivity index (χ4n) is 4.29. The van der Waals surface area contributed by atoms with Gasteiger partial charge in [-0.25, -0.2) is 8.42 Å². The number of sulfonamides is 1. The number of piperidine rings is 2. The molecule has 0 N–H and O–H groups in total. The van der Waals surface area contributed by atoms with Gasteiger partial charge in [-0.05, 0) is 71.3 Å². The molecular weight excluding hydrogens is 374 g/mol. The molecule has 0 aromatic heterocycles. The van der Waals surface area contributed by atoms with Crippen LogP contribution in [-0.2, 0) is 10.0 Å². The van der Waals surface area contributed by atoms with Crippen LogP contribution >= 0.6 is 0 Å². The van der Waals surface area contributed by atoms with Crippen LogP contribution in [0.15, 0.2) is 23.1 Å². The minimum atomic E-state index is -3.58. The Kier molecular flexibility index (Phi) is 6.47. The molecule has 2 unspecified atom stereocenters. The zero-order chi connectivity index (χ0) is 20.5. The Bertz CT molecular complexity index is 822. The summed E-state index contributed by atoms with van der Waals surface area (Å²) in [5.74, 6) is -0.0622. The smallest absolute Gasteiger partial charge is 0.254 e. The molecule has 2 saturated heterocycles. The van der Waals surface area contributed by atoms with Crippen molar-refractivity contribution in [3.8, 4) is 0 Å². The number of benzene rings is 1. The van der Waals surface area contributed by atoms with Gasteiger partial charge in [-0.3, -0.25) is 4.79 Å². The van der Waals surface area contributed by atoms with Crippen molar-refractivity contribution in [3.63, 3.8) is 0 Å². The fourth-order valence-corrected chi connectivity index (χ4v) is 6.01. The summed E-state index contributed by atoms with van der Waals surface area (Å²) in [5.41, 5.74) is 1.33. The Balaban J connectivity index is 1.88. The quantitative estimate of drug-likeness (QED) is 0.770. The number of carbonyl (C=O) groups excluding carboxylic acids is 1. The summed E-state index contributed by atoms with van der Waals surface area (Å²) in [7, 11) is 0.493. The number of hydrogen-bond acceptors (Lipinski definition) is 4. The standard InChI is InChI=1S/C21H33N3O3S/c1-16-10-11-19(28(26,27)24-13-6-5-8-17(24)2)14-20(16)21(25)23-12-7-9-18(15-23)22(3)4/h10-11,14,17-18H,5-9,12-13,15H2,1-4H3. The number of aryl methyl sites for hydroxylation is 1. The molecule has 2 heterocycles. The van der Waals surface area contributed by atoms with Crippen LogP contribution in [0.25, 0.3) is 0 Å². The molecule has 0 radical (unpaired) electrons. The van der Waals surface area contributed by atoms with Gasteiger partial charge in [-0.2, -0.15) is 4.31 Å². The number of hydrogen-bond donors (Lipinski definition) is 0. The number of likely N-dealkylation sites (tertiary alicyclic amines) is 1. The third-order valence-electron chi connectivity index (χ3n) is 6.20. The van der Waals surface area contributed by atoms with Crippen molar-refractivity contribution in [1.82, 2.24) is 14.1 Å². The van der Waals surface area contributed by atoms with Crippen molar-refractivity contribution in [2.75, 3.05) is 33.7 Å². The third kappa shape index (κ3) is 4.26. The molecule has 28 heavy (non-hydrogen) atoms. The molecule has 2 aliphatic heterocycles. The van der Waals surface area contributed by atoms with Gasteiger partial charge in [0.25, 0.3) is 5.91 Å². The zero-order valence-corrected chi connectivity index (χ0v) is 18.3. The highest BCUT2D eigenvalue weighted by Crippen LogP contribution is 2.27. The van der Waals surface area contributed by atoms with Crippen LogP contribution in [0.3, 0.4) is 0 Å². The van der Waals surface area contributed by atoms with Crippen LogP contribution in [0.2, 0.25) is 0 Å². The van der Waals surface area contributed by atoms with E-state index in [0.717, 1.165) is 44.2 Å². The van der Waals surface area contributed by atoms with E-state index in [1.54, 1.807) is 22.5 Å². The van der Waals surface area contributed by atoms with Crippen molar-refractivity contribution >= 4 is 15.9 Å². The summed E-state index contributed by atoms with van der Waals surface area (Å²) in [6.07, 6.45) is 4.89. The van der Waals surface area contributed by atoms with Gasteiger partial charge in [0, 0.05) is 37.3 Å². The molecule has 2 fully saturated rings. The van der Waals surface area contributed by atoms with E-state index in [-0.39, 0.29) is 16.8 Å². The van der Waals surface area contributed by atoms with Gasteiger partial charge in [-0.15, -0.1) is 0 Å². The first-order valence-electron chi connectivity index (χ1n) is 10.3. The van der Waals surface area contributed by atoms with E-state index in [9.17, 15) is 13.2 Å². The Morgan fingerprint density at radius 2 is 1.86 bits per heavy atom. The van der Waals surface area contributed by atoms with Crippen molar-refractivity contribution < 1.29 is 13.2 Å². The molecule has 1 aromatic rings. The fraction of sp³-hybridized carbons (Fsp3) is 0.667. The molecule has 2 aliphatic rings. The van der Waals surface area contributed by atoms with Gasteiger partial charge in [0.1, 0.15) is 0 Å². The highest BCUT2D eigenvalue weighted by Gasteiger charge is 2.32. The second-order valence-electron chi connectivity index (χ2n) is 8.45. The lowest BCUT2D eigenvalue weighted by Gasteiger charge is -2.36.